The van der Waals surface area contributed by atoms with E-state index in [4.69, 9.17) is 17.3 Å². The zero-order valence-corrected chi connectivity index (χ0v) is 11.8. The summed E-state index contributed by atoms with van der Waals surface area (Å²) in [6, 6.07) is 15.5. The number of nitrogens with two attached hydrogens (primary N) is 1. The van der Waals surface area contributed by atoms with Crippen LogP contribution in [0.15, 0.2) is 59.6 Å². The van der Waals surface area contributed by atoms with Gasteiger partial charge in [0.1, 0.15) is 5.03 Å². The predicted octanol–water partition coefficient (Wildman–Crippen LogP) is 3.00. The molecule has 0 aliphatic rings. The first-order valence-corrected chi connectivity index (χ1v) is 6.57. The average molecular weight is 301 g/mol. The standard InChI is InChI=1S/C16H13ClN2O2/c17-14(10-11-4-2-1-3-5-11)16(21)19-13-8-6-12(7-9-13)15(18)20/h1-10H,(H2,18,20)(H,19,21)/b14-10-. The number of hydrogen-bond donors (Lipinski definition) is 2. The second-order valence-electron chi connectivity index (χ2n) is 4.30. The number of benzene rings is 2. The summed E-state index contributed by atoms with van der Waals surface area (Å²) in [6.07, 6.45) is 1.58. The van der Waals surface area contributed by atoms with Crippen LogP contribution in [0.5, 0.6) is 0 Å². The van der Waals surface area contributed by atoms with Crippen molar-refractivity contribution in [2.45, 2.75) is 0 Å². The van der Waals surface area contributed by atoms with Gasteiger partial charge in [-0.25, -0.2) is 0 Å². The lowest BCUT2D eigenvalue weighted by Gasteiger charge is -2.05. The van der Waals surface area contributed by atoms with E-state index in [2.05, 4.69) is 5.32 Å². The van der Waals surface area contributed by atoms with Crippen molar-refractivity contribution >= 4 is 35.2 Å². The highest BCUT2D eigenvalue weighted by molar-refractivity contribution is 6.45. The monoisotopic (exact) mass is 300 g/mol. The van der Waals surface area contributed by atoms with Gasteiger partial charge in [-0.05, 0) is 35.9 Å². The molecule has 3 N–H and O–H groups in total. The van der Waals surface area contributed by atoms with Crippen molar-refractivity contribution in [3.05, 3.63) is 70.8 Å². The van der Waals surface area contributed by atoms with Crippen LogP contribution in [-0.4, -0.2) is 11.8 Å². The maximum absolute atomic E-state index is 11.9. The van der Waals surface area contributed by atoms with E-state index in [1.165, 1.54) is 12.1 Å². The largest absolute Gasteiger partial charge is 0.366 e. The minimum atomic E-state index is -0.519. The van der Waals surface area contributed by atoms with Gasteiger partial charge in [0.25, 0.3) is 5.91 Å². The fourth-order valence-corrected chi connectivity index (χ4v) is 1.84. The Hall–Kier alpha value is -2.59. The number of nitrogens with one attached hydrogen (secondary N) is 1. The van der Waals surface area contributed by atoms with Crippen LogP contribution in [-0.2, 0) is 4.79 Å². The molecule has 0 spiro atoms. The molecule has 21 heavy (non-hydrogen) atoms. The minimum Gasteiger partial charge on any atom is -0.366 e. The molecule has 0 fully saturated rings. The van der Waals surface area contributed by atoms with Gasteiger partial charge >= 0.3 is 0 Å². The van der Waals surface area contributed by atoms with Gasteiger partial charge in [0.2, 0.25) is 5.91 Å². The van der Waals surface area contributed by atoms with Crippen LogP contribution in [0.3, 0.4) is 0 Å². The zero-order chi connectivity index (χ0) is 15.2. The van der Waals surface area contributed by atoms with E-state index in [-0.39, 0.29) is 5.03 Å². The Kier molecular flexibility index (Phi) is 4.74. The molecule has 0 radical (unpaired) electrons. The first kappa shape index (κ1) is 14.8. The quantitative estimate of drug-likeness (QED) is 0.852. The molecule has 0 aliphatic heterocycles. The summed E-state index contributed by atoms with van der Waals surface area (Å²) in [7, 11) is 0. The summed E-state index contributed by atoms with van der Waals surface area (Å²) < 4.78 is 0. The third kappa shape index (κ3) is 4.19. The van der Waals surface area contributed by atoms with Crippen LogP contribution in [0.1, 0.15) is 15.9 Å². The number of anilines is 1. The number of primary amides is 1. The van der Waals surface area contributed by atoms with Crippen LogP contribution >= 0.6 is 11.6 Å². The normalized spacial score (nSPS) is 11.0. The molecule has 2 aromatic carbocycles. The second-order valence-corrected chi connectivity index (χ2v) is 4.71. The van der Waals surface area contributed by atoms with Gasteiger partial charge in [0.05, 0.1) is 0 Å². The van der Waals surface area contributed by atoms with Crippen LogP contribution in [0, 0.1) is 0 Å². The highest BCUT2D eigenvalue weighted by atomic mass is 35.5. The van der Waals surface area contributed by atoms with E-state index in [1.807, 2.05) is 30.3 Å². The number of amides is 2. The third-order valence-corrected chi connectivity index (χ3v) is 3.02. The number of carbonyl (C=O) groups is 2. The van der Waals surface area contributed by atoms with Crippen LogP contribution in [0.2, 0.25) is 0 Å². The molecule has 2 aromatic rings. The molecule has 0 atom stereocenters. The zero-order valence-electron chi connectivity index (χ0n) is 11.0. The summed E-state index contributed by atoms with van der Waals surface area (Å²) in [6.45, 7) is 0. The van der Waals surface area contributed by atoms with E-state index in [9.17, 15) is 9.59 Å². The molecule has 0 heterocycles. The van der Waals surface area contributed by atoms with E-state index in [0.29, 0.717) is 11.3 Å². The summed E-state index contributed by atoms with van der Waals surface area (Å²) in [5, 5.41) is 2.71. The molecule has 0 unspecified atom stereocenters. The summed E-state index contributed by atoms with van der Waals surface area (Å²) >= 11 is 5.97. The Morgan fingerprint density at radius 1 is 1.00 bits per heavy atom. The second kappa shape index (κ2) is 6.72. The molecule has 2 amide bonds. The predicted molar refractivity (Wildman–Crippen MR) is 83.9 cm³/mol. The van der Waals surface area contributed by atoms with Crippen molar-refractivity contribution in [2.75, 3.05) is 5.32 Å². The van der Waals surface area contributed by atoms with Crippen molar-refractivity contribution in [2.24, 2.45) is 5.73 Å². The summed E-state index contributed by atoms with van der Waals surface area (Å²) in [4.78, 5) is 22.9. The Morgan fingerprint density at radius 2 is 1.62 bits per heavy atom. The molecule has 0 bridgehead atoms. The minimum absolute atomic E-state index is 0.0696. The number of carbonyl (C=O) groups excluding carboxylic acids is 2. The van der Waals surface area contributed by atoms with Crippen molar-refractivity contribution in [1.29, 1.82) is 0 Å². The lowest BCUT2D eigenvalue weighted by atomic mass is 10.2. The maximum Gasteiger partial charge on any atom is 0.267 e. The lowest BCUT2D eigenvalue weighted by molar-refractivity contribution is -0.112. The fourth-order valence-electron chi connectivity index (χ4n) is 1.67. The third-order valence-electron chi connectivity index (χ3n) is 2.74. The Morgan fingerprint density at radius 3 is 2.19 bits per heavy atom. The summed E-state index contributed by atoms with van der Waals surface area (Å²) in [5.74, 6) is -0.942. The van der Waals surface area contributed by atoms with Gasteiger partial charge in [-0.3, -0.25) is 9.59 Å². The van der Waals surface area contributed by atoms with Gasteiger partial charge in [0, 0.05) is 11.3 Å². The molecule has 2 rings (SSSR count). The Balaban J connectivity index is 2.07. The molecule has 0 saturated carbocycles. The molecule has 0 saturated heterocycles. The SMILES string of the molecule is NC(=O)c1ccc(NC(=O)/C(Cl)=C/c2ccccc2)cc1. The number of hydrogen-bond acceptors (Lipinski definition) is 2. The van der Waals surface area contributed by atoms with Gasteiger partial charge < -0.3 is 11.1 Å². The van der Waals surface area contributed by atoms with Gasteiger partial charge in [0.15, 0.2) is 0 Å². The maximum atomic E-state index is 11.9. The van der Waals surface area contributed by atoms with Crippen molar-refractivity contribution in [1.82, 2.24) is 0 Å². The fraction of sp³-hybridized carbons (Fsp3) is 0. The molecular formula is C16H13ClN2O2. The Labute approximate surface area is 127 Å². The van der Waals surface area contributed by atoms with E-state index in [0.717, 1.165) is 5.56 Å². The highest BCUT2D eigenvalue weighted by Crippen LogP contribution is 2.14. The molecule has 0 aliphatic carbocycles. The lowest BCUT2D eigenvalue weighted by Crippen LogP contribution is -2.13. The van der Waals surface area contributed by atoms with E-state index < -0.39 is 11.8 Å². The van der Waals surface area contributed by atoms with Crippen LogP contribution in [0.4, 0.5) is 5.69 Å². The molecular weight excluding hydrogens is 288 g/mol. The smallest absolute Gasteiger partial charge is 0.267 e. The van der Waals surface area contributed by atoms with E-state index in [1.54, 1.807) is 18.2 Å². The first-order chi connectivity index (χ1) is 10.1. The average Bonchev–Trinajstić information content (AvgIpc) is 2.48. The van der Waals surface area contributed by atoms with Gasteiger partial charge in [-0.2, -0.15) is 0 Å². The van der Waals surface area contributed by atoms with Crippen molar-refractivity contribution < 1.29 is 9.59 Å². The van der Waals surface area contributed by atoms with Crippen LogP contribution < -0.4 is 11.1 Å². The first-order valence-electron chi connectivity index (χ1n) is 6.20. The van der Waals surface area contributed by atoms with E-state index >= 15 is 0 Å². The van der Waals surface area contributed by atoms with Crippen molar-refractivity contribution in [3.8, 4) is 0 Å². The van der Waals surface area contributed by atoms with Gasteiger partial charge in [-0.1, -0.05) is 41.9 Å². The van der Waals surface area contributed by atoms with Gasteiger partial charge in [-0.15, -0.1) is 0 Å². The highest BCUT2D eigenvalue weighted by Gasteiger charge is 2.08. The Bertz CT molecular complexity index is 679. The topological polar surface area (TPSA) is 72.2 Å². The summed E-state index contributed by atoms with van der Waals surface area (Å²) in [5.41, 5.74) is 6.88. The molecule has 0 aromatic heterocycles. The van der Waals surface area contributed by atoms with Crippen molar-refractivity contribution in [3.63, 3.8) is 0 Å². The molecule has 106 valence electrons. The van der Waals surface area contributed by atoms with Crippen LogP contribution in [0.25, 0.3) is 6.08 Å². The molecule has 4 nitrogen and oxygen atoms in total. The number of rotatable bonds is 4. The molecule has 5 heteroatoms. The number of halogens is 1.